The fourth-order valence-corrected chi connectivity index (χ4v) is 3.66. The van der Waals surface area contributed by atoms with Gasteiger partial charge in [-0.1, -0.05) is 62.4 Å². The van der Waals surface area contributed by atoms with Gasteiger partial charge in [-0.05, 0) is 18.4 Å². The predicted octanol–water partition coefficient (Wildman–Crippen LogP) is 5.03. The van der Waals surface area contributed by atoms with Gasteiger partial charge >= 0.3 is 0 Å². The monoisotopic (exact) mass is 234 g/mol. The molecule has 0 bridgehead atoms. The van der Waals surface area contributed by atoms with E-state index in [9.17, 15) is 0 Å². The predicted molar refractivity (Wildman–Crippen MR) is 73.8 cm³/mol. The fraction of sp³-hybridized carbons (Fsp3) is 0.600. The quantitative estimate of drug-likeness (QED) is 0.706. The van der Waals surface area contributed by atoms with Gasteiger partial charge in [-0.15, -0.1) is 0 Å². The summed E-state index contributed by atoms with van der Waals surface area (Å²) in [4.78, 5) is 0. The smallest absolute Gasteiger partial charge is 0.0187 e. The zero-order valence-electron chi connectivity index (χ0n) is 10.0. The standard InChI is InChI=1S/C15H22S/c1-2-7-11-15(12-8-3-1)16-13-14-9-5-4-6-10-14/h4-6,9-10,15H,1-3,7-8,11-13H2. The van der Waals surface area contributed by atoms with E-state index in [2.05, 4.69) is 42.1 Å². The Labute approximate surface area is 104 Å². The number of benzene rings is 1. The maximum atomic E-state index is 2.25. The third-order valence-electron chi connectivity index (χ3n) is 3.38. The molecule has 0 N–H and O–H groups in total. The van der Waals surface area contributed by atoms with Crippen molar-refractivity contribution >= 4 is 11.8 Å². The van der Waals surface area contributed by atoms with Crippen LogP contribution in [0.15, 0.2) is 30.3 Å². The third-order valence-corrected chi connectivity index (χ3v) is 4.82. The van der Waals surface area contributed by atoms with Gasteiger partial charge in [-0.3, -0.25) is 0 Å². The molecule has 0 aliphatic heterocycles. The van der Waals surface area contributed by atoms with Crippen LogP contribution in [0.2, 0.25) is 0 Å². The SMILES string of the molecule is c1ccc(CSC2CCCCCCC2)cc1. The lowest BCUT2D eigenvalue weighted by Gasteiger charge is -2.19. The van der Waals surface area contributed by atoms with Gasteiger partial charge < -0.3 is 0 Å². The van der Waals surface area contributed by atoms with Gasteiger partial charge in [0.15, 0.2) is 0 Å². The molecule has 0 atom stereocenters. The number of hydrogen-bond donors (Lipinski definition) is 0. The van der Waals surface area contributed by atoms with Crippen molar-refractivity contribution < 1.29 is 0 Å². The van der Waals surface area contributed by atoms with Crippen molar-refractivity contribution in [1.29, 1.82) is 0 Å². The molecule has 1 aromatic carbocycles. The minimum absolute atomic E-state index is 0.917. The van der Waals surface area contributed by atoms with Crippen LogP contribution >= 0.6 is 11.8 Å². The Balaban J connectivity index is 1.75. The maximum absolute atomic E-state index is 2.25. The van der Waals surface area contributed by atoms with Gasteiger partial charge in [-0.25, -0.2) is 0 Å². The topological polar surface area (TPSA) is 0 Å². The summed E-state index contributed by atoms with van der Waals surface area (Å²) in [6.07, 6.45) is 10.2. The second-order valence-corrected chi connectivity index (χ2v) is 6.05. The summed E-state index contributed by atoms with van der Waals surface area (Å²) >= 11 is 2.17. The van der Waals surface area contributed by atoms with Crippen LogP contribution in [0.1, 0.15) is 50.5 Å². The van der Waals surface area contributed by atoms with Crippen LogP contribution in [0.4, 0.5) is 0 Å². The normalized spacial score (nSPS) is 19.0. The molecule has 0 aromatic heterocycles. The summed E-state index contributed by atoms with van der Waals surface area (Å²) in [6.45, 7) is 0. The Morgan fingerprint density at radius 2 is 1.50 bits per heavy atom. The van der Waals surface area contributed by atoms with Crippen molar-refractivity contribution in [3.05, 3.63) is 35.9 Å². The number of thioether (sulfide) groups is 1. The maximum Gasteiger partial charge on any atom is 0.0187 e. The van der Waals surface area contributed by atoms with Crippen LogP contribution in [0, 0.1) is 0 Å². The molecule has 1 fully saturated rings. The van der Waals surface area contributed by atoms with E-state index in [0.29, 0.717) is 0 Å². The van der Waals surface area contributed by atoms with Gasteiger partial charge in [0, 0.05) is 11.0 Å². The Morgan fingerprint density at radius 1 is 0.875 bits per heavy atom. The Bertz CT molecular complexity index is 273. The first kappa shape index (κ1) is 12.0. The van der Waals surface area contributed by atoms with Crippen molar-refractivity contribution in [2.24, 2.45) is 0 Å². The molecule has 16 heavy (non-hydrogen) atoms. The summed E-state index contributed by atoms with van der Waals surface area (Å²) in [5.74, 6) is 1.20. The zero-order valence-corrected chi connectivity index (χ0v) is 10.8. The Morgan fingerprint density at radius 3 is 2.19 bits per heavy atom. The first-order chi connectivity index (χ1) is 7.95. The number of hydrogen-bond acceptors (Lipinski definition) is 1. The van der Waals surface area contributed by atoms with Crippen molar-refractivity contribution in [2.75, 3.05) is 0 Å². The zero-order chi connectivity index (χ0) is 11.1. The molecular weight excluding hydrogens is 212 g/mol. The van der Waals surface area contributed by atoms with Crippen LogP contribution in [0.25, 0.3) is 0 Å². The van der Waals surface area contributed by atoms with E-state index < -0.39 is 0 Å². The molecule has 0 heterocycles. The molecule has 0 spiro atoms. The lowest BCUT2D eigenvalue weighted by atomic mass is 10.0. The minimum atomic E-state index is 0.917. The summed E-state index contributed by atoms with van der Waals surface area (Å²) in [5, 5.41) is 0.917. The molecule has 1 saturated carbocycles. The summed E-state index contributed by atoms with van der Waals surface area (Å²) in [6, 6.07) is 10.9. The van der Waals surface area contributed by atoms with Crippen LogP contribution in [-0.4, -0.2) is 5.25 Å². The molecule has 0 nitrogen and oxygen atoms in total. The van der Waals surface area contributed by atoms with E-state index in [1.54, 1.807) is 0 Å². The molecule has 88 valence electrons. The Kier molecular flexibility index (Phi) is 5.27. The minimum Gasteiger partial charge on any atom is -0.154 e. The Hall–Kier alpha value is -0.430. The molecule has 0 unspecified atom stereocenters. The van der Waals surface area contributed by atoms with E-state index in [1.807, 2.05) is 0 Å². The van der Waals surface area contributed by atoms with Gasteiger partial charge in [-0.2, -0.15) is 11.8 Å². The third kappa shape index (κ3) is 4.21. The molecule has 0 saturated heterocycles. The van der Waals surface area contributed by atoms with Crippen LogP contribution < -0.4 is 0 Å². The van der Waals surface area contributed by atoms with E-state index in [1.165, 1.54) is 56.3 Å². The van der Waals surface area contributed by atoms with Crippen molar-refractivity contribution in [1.82, 2.24) is 0 Å². The second kappa shape index (κ2) is 7.01. The highest BCUT2D eigenvalue weighted by molar-refractivity contribution is 7.99. The number of rotatable bonds is 3. The fourth-order valence-electron chi connectivity index (χ4n) is 2.37. The molecular formula is C15H22S. The highest BCUT2D eigenvalue weighted by atomic mass is 32.2. The van der Waals surface area contributed by atoms with Gasteiger partial charge in [0.2, 0.25) is 0 Å². The van der Waals surface area contributed by atoms with Gasteiger partial charge in [0.05, 0.1) is 0 Å². The first-order valence-corrected chi connectivity index (χ1v) is 7.65. The van der Waals surface area contributed by atoms with Crippen molar-refractivity contribution in [3.63, 3.8) is 0 Å². The largest absolute Gasteiger partial charge is 0.154 e. The lowest BCUT2D eigenvalue weighted by Crippen LogP contribution is -2.05. The molecule has 1 aliphatic carbocycles. The first-order valence-electron chi connectivity index (χ1n) is 6.61. The van der Waals surface area contributed by atoms with E-state index in [0.717, 1.165) is 5.25 Å². The highest BCUT2D eigenvalue weighted by Gasteiger charge is 2.11. The average Bonchev–Trinajstić information content (AvgIpc) is 2.29. The average molecular weight is 234 g/mol. The molecule has 0 radical (unpaired) electrons. The van der Waals surface area contributed by atoms with Crippen molar-refractivity contribution in [3.8, 4) is 0 Å². The van der Waals surface area contributed by atoms with Crippen LogP contribution in [0.3, 0.4) is 0 Å². The summed E-state index contributed by atoms with van der Waals surface area (Å²) < 4.78 is 0. The van der Waals surface area contributed by atoms with Gasteiger partial charge in [0.1, 0.15) is 0 Å². The molecule has 2 rings (SSSR count). The molecule has 0 amide bonds. The van der Waals surface area contributed by atoms with Crippen LogP contribution in [-0.2, 0) is 5.75 Å². The second-order valence-electron chi connectivity index (χ2n) is 4.76. The summed E-state index contributed by atoms with van der Waals surface area (Å²) in [5.41, 5.74) is 1.48. The van der Waals surface area contributed by atoms with E-state index >= 15 is 0 Å². The summed E-state index contributed by atoms with van der Waals surface area (Å²) in [7, 11) is 0. The van der Waals surface area contributed by atoms with Crippen LogP contribution in [0.5, 0.6) is 0 Å². The van der Waals surface area contributed by atoms with Crippen molar-refractivity contribution in [2.45, 2.75) is 55.9 Å². The van der Waals surface area contributed by atoms with Gasteiger partial charge in [0.25, 0.3) is 0 Å². The molecule has 1 heteroatoms. The van der Waals surface area contributed by atoms with E-state index in [-0.39, 0.29) is 0 Å². The molecule has 1 aliphatic rings. The molecule has 1 aromatic rings. The highest BCUT2D eigenvalue weighted by Crippen LogP contribution is 2.28. The van der Waals surface area contributed by atoms with E-state index in [4.69, 9.17) is 0 Å². The lowest BCUT2D eigenvalue weighted by molar-refractivity contribution is 0.513.